The maximum absolute atomic E-state index is 13.3. The lowest BCUT2D eigenvalue weighted by molar-refractivity contribution is -0.127. The van der Waals surface area contributed by atoms with Crippen LogP contribution in [-0.4, -0.2) is 35.1 Å². The van der Waals surface area contributed by atoms with Crippen molar-refractivity contribution in [2.24, 2.45) is 0 Å². The molecule has 1 N–H and O–H groups in total. The van der Waals surface area contributed by atoms with Gasteiger partial charge in [-0.2, -0.15) is 0 Å². The van der Waals surface area contributed by atoms with Gasteiger partial charge in [0, 0.05) is 26.9 Å². The van der Waals surface area contributed by atoms with E-state index < -0.39 is 23.6 Å². The predicted octanol–water partition coefficient (Wildman–Crippen LogP) is 7.80. The second-order valence-corrected chi connectivity index (χ2v) is 10.8. The lowest BCUT2D eigenvalue weighted by Gasteiger charge is -2.14. The predicted molar refractivity (Wildman–Crippen MR) is 164 cm³/mol. The zero-order chi connectivity index (χ0) is 28.9. The van der Waals surface area contributed by atoms with E-state index in [1.54, 1.807) is 48.5 Å². The van der Waals surface area contributed by atoms with E-state index in [-0.39, 0.29) is 11.5 Å². The molecule has 1 heterocycles. The minimum atomic E-state index is -0.554. The van der Waals surface area contributed by atoms with Crippen LogP contribution in [0.2, 0.25) is 10.0 Å². The van der Waals surface area contributed by atoms with Gasteiger partial charge in [0.05, 0.1) is 11.5 Å². The topological polar surface area (TPSA) is 84.9 Å². The lowest BCUT2D eigenvalue weighted by Crippen LogP contribution is -2.36. The van der Waals surface area contributed by atoms with E-state index in [1.807, 2.05) is 43.3 Å². The van der Waals surface area contributed by atoms with E-state index in [9.17, 15) is 14.4 Å². The highest BCUT2D eigenvalue weighted by molar-refractivity contribution is 8.18. The maximum atomic E-state index is 13.3. The van der Waals surface area contributed by atoms with Crippen LogP contribution in [0.25, 0.3) is 16.8 Å². The van der Waals surface area contributed by atoms with Crippen molar-refractivity contribution in [2.45, 2.75) is 13.5 Å². The van der Waals surface area contributed by atoms with E-state index >= 15 is 0 Å². The highest BCUT2D eigenvalue weighted by atomic mass is 35.5. The molecule has 4 aromatic carbocycles. The second-order valence-electron chi connectivity index (χ2n) is 9.00. The fourth-order valence-electron chi connectivity index (χ4n) is 4.26. The van der Waals surface area contributed by atoms with Crippen LogP contribution in [0.4, 0.5) is 10.5 Å². The number of nitrogens with zero attached hydrogens (tertiary/aromatic N) is 1. The summed E-state index contributed by atoms with van der Waals surface area (Å²) < 4.78 is 11.5. The molecule has 3 amide bonds. The largest absolute Gasteiger partial charge is 0.494 e. The quantitative estimate of drug-likeness (QED) is 0.196. The summed E-state index contributed by atoms with van der Waals surface area (Å²) in [5.74, 6) is 0.137. The Hall–Kier alpha value is -3.98. The number of carbonyl (C=O) groups is 3. The maximum Gasteiger partial charge on any atom is 0.294 e. The van der Waals surface area contributed by atoms with Crippen LogP contribution in [0, 0.1) is 0 Å². The van der Waals surface area contributed by atoms with Crippen molar-refractivity contribution in [2.75, 3.05) is 18.5 Å². The summed E-state index contributed by atoms with van der Waals surface area (Å²) in [6.45, 7) is 2.17. The minimum Gasteiger partial charge on any atom is -0.494 e. The molecular weight excluding hydrogens is 583 g/mol. The number of thioether (sulfide) groups is 1. The summed E-state index contributed by atoms with van der Waals surface area (Å²) in [7, 11) is 0. The highest BCUT2D eigenvalue weighted by Crippen LogP contribution is 2.37. The van der Waals surface area contributed by atoms with E-state index in [4.69, 9.17) is 32.7 Å². The van der Waals surface area contributed by atoms with Crippen LogP contribution in [0.5, 0.6) is 11.5 Å². The first kappa shape index (κ1) is 28.5. The molecule has 0 aliphatic carbocycles. The molecular formula is C31H24Cl2N2O5S. The van der Waals surface area contributed by atoms with E-state index in [0.717, 1.165) is 33.0 Å². The fourth-order valence-corrected chi connectivity index (χ4v) is 5.54. The zero-order valence-corrected chi connectivity index (χ0v) is 24.2. The Kier molecular flexibility index (Phi) is 8.83. The Morgan fingerprint density at radius 2 is 1.76 bits per heavy atom. The number of rotatable bonds is 9. The third kappa shape index (κ3) is 6.68. The monoisotopic (exact) mass is 606 g/mol. The van der Waals surface area contributed by atoms with E-state index in [2.05, 4.69) is 5.32 Å². The number of ether oxygens (including phenoxy) is 2. The Morgan fingerprint density at radius 3 is 2.51 bits per heavy atom. The normalized spacial score (nSPS) is 14.1. The first-order chi connectivity index (χ1) is 19.8. The van der Waals surface area contributed by atoms with Crippen LogP contribution < -0.4 is 14.8 Å². The standard InChI is InChI=1S/C31H24Cl2N2O5S/c1-2-39-23-12-10-22(11-13-23)34-29(36)17-35-30(37)28(41-31(35)38)16-25-24-6-4-3-5-19(24)8-14-27(25)40-18-20-7-9-21(32)15-26(20)33/h3-16H,2,17-18H2,1H3,(H,34,36)/b28-16+. The third-order valence-corrected chi connectivity index (χ3v) is 7.72. The molecule has 41 heavy (non-hydrogen) atoms. The van der Waals surface area contributed by atoms with Crippen LogP contribution in [0.1, 0.15) is 18.1 Å². The molecule has 0 spiro atoms. The summed E-state index contributed by atoms with van der Waals surface area (Å²) in [6.07, 6.45) is 1.64. The van der Waals surface area contributed by atoms with Gasteiger partial charge in [-0.25, -0.2) is 0 Å². The van der Waals surface area contributed by atoms with Gasteiger partial charge < -0.3 is 14.8 Å². The number of fused-ring (bicyclic) bond motifs is 1. The molecule has 1 fully saturated rings. The minimum absolute atomic E-state index is 0.169. The SMILES string of the molecule is CCOc1ccc(NC(=O)CN2C(=O)S/C(=C/c3c(OCc4ccc(Cl)cc4Cl)ccc4ccccc34)C2=O)cc1. The molecule has 0 atom stereocenters. The van der Waals surface area contributed by atoms with Crippen molar-refractivity contribution in [3.8, 4) is 11.5 Å². The van der Waals surface area contributed by atoms with Crippen molar-refractivity contribution < 1.29 is 23.9 Å². The average molecular weight is 608 g/mol. The first-order valence-electron chi connectivity index (χ1n) is 12.7. The average Bonchev–Trinajstić information content (AvgIpc) is 3.21. The molecule has 0 unspecified atom stereocenters. The molecule has 10 heteroatoms. The molecule has 7 nitrogen and oxygen atoms in total. The number of benzene rings is 4. The third-order valence-electron chi connectivity index (χ3n) is 6.23. The molecule has 0 radical (unpaired) electrons. The van der Waals surface area contributed by atoms with Gasteiger partial charge in [-0.15, -0.1) is 0 Å². The zero-order valence-electron chi connectivity index (χ0n) is 21.9. The number of halogens is 2. The fraction of sp³-hybridized carbons (Fsp3) is 0.129. The van der Waals surface area contributed by atoms with Gasteiger partial charge in [0.15, 0.2) is 0 Å². The Balaban J connectivity index is 1.36. The second kappa shape index (κ2) is 12.7. The van der Waals surface area contributed by atoms with Crippen molar-refractivity contribution in [3.63, 3.8) is 0 Å². The molecule has 0 aromatic heterocycles. The Morgan fingerprint density at radius 1 is 0.976 bits per heavy atom. The number of hydrogen-bond donors (Lipinski definition) is 1. The van der Waals surface area contributed by atoms with Gasteiger partial charge >= 0.3 is 0 Å². The van der Waals surface area contributed by atoms with Crippen LogP contribution in [0.3, 0.4) is 0 Å². The van der Waals surface area contributed by atoms with Gasteiger partial charge in [-0.3, -0.25) is 19.3 Å². The van der Waals surface area contributed by atoms with Crippen molar-refractivity contribution in [1.82, 2.24) is 4.90 Å². The molecule has 1 aliphatic heterocycles. The summed E-state index contributed by atoms with van der Waals surface area (Å²) in [4.78, 5) is 39.9. The van der Waals surface area contributed by atoms with Crippen molar-refractivity contribution in [1.29, 1.82) is 0 Å². The molecule has 1 aliphatic rings. The number of imide groups is 1. The Bertz CT molecular complexity index is 1670. The van der Waals surface area contributed by atoms with E-state index in [0.29, 0.717) is 39.4 Å². The molecule has 208 valence electrons. The molecule has 4 aromatic rings. The van der Waals surface area contributed by atoms with Gasteiger partial charge in [0.1, 0.15) is 24.7 Å². The van der Waals surface area contributed by atoms with Gasteiger partial charge in [-0.05, 0) is 78.0 Å². The van der Waals surface area contributed by atoms with Gasteiger partial charge in [0.2, 0.25) is 5.91 Å². The van der Waals surface area contributed by atoms with Crippen LogP contribution in [-0.2, 0) is 16.2 Å². The lowest BCUT2D eigenvalue weighted by atomic mass is 10.0. The summed E-state index contributed by atoms with van der Waals surface area (Å²) in [5.41, 5.74) is 1.91. The summed E-state index contributed by atoms with van der Waals surface area (Å²) in [5, 5.41) is 4.95. The number of hydrogen-bond acceptors (Lipinski definition) is 6. The number of carbonyl (C=O) groups excluding carboxylic acids is 3. The molecule has 1 saturated heterocycles. The molecule has 0 bridgehead atoms. The van der Waals surface area contributed by atoms with Crippen LogP contribution in [0.15, 0.2) is 83.8 Å². The number of amides is 3. The summed E-state index contributed by atoms with van der Waals surface area (Å²) >= 11 is 13.1. The van der Waals surface area contributed by atoms with Gasteiger partial charge in [0.25, 0.3) is 11.1 Å². The molecule has 5 rings (SSSR count). The highest BCUT2D eigenvalue weighted by Gasteiger charge is 2.36. The number of anilines is 1. The number of nitrogens with one attached hydrogen (secondary N) is 1. The van der Waals surface area contributed by atoms with Crippen LogP contribution >= 0.6 is 35.0 Å². The van der Waals surface area contributed by atoms with Gasteiger partial charge in [-0.1, -0.05) is 59.6 Å². The summed E-state index contributed by atoms with van der Waals surface area (Å²) in [6, 6.07) is 23.4. The van der Waals surface area contributed by atoms with Crippen molar-refractivity contribution in [3.05, 3.63) is 105 Å². The van der Waals surface area contributed by atoms with E-state index in [1.165, 1.54) is 0 Å². The Labute approximate surface area is 251 Å². The molecule has 0 saturated carbocycles. The first-order valence-corrected chi connectivity index (χ1v) is 14.3. The smallest absolute Gasteiger partial charge is 0.294 e. The van der Waals surface area contributed by atoms with Crippen molar-refractivity contribution >= 4 is 74.6 Å².